The van der Waals surface area contributed by atoms with E-state index in [1.807, 2.05) is 0 Å². The third-order valence-electron chi connectivity index (χ3n) is 2.72. The lowest BCUT2D eigenvalue weighted by molar-refractivity contribution is -0.259. The number of carbonyl (C=O) groups excluding carboxylic acids is 1. The monoisotopic (exact) mass is 292 g/mol. The maximum absolute atomic E-state index is 13.5. The lowest BCUT2D eigenvalue weighted by Gasteiger charge is -2.28. The molecule has 0 heterocycles. The summed E-state index contributed by atoms with van der Waals surface area (Å²) in [6, 6.07) is 4.98. The number of ether oxygens (including phenoxy) is 1. The van der Waals surface area contributed by atoms with E-state index in [4.69, 9.17) is 0 Å². The first-order chi connectivity index (χ1) is 9.13. The molecule has 0 amide bonds. The van der Waals surface area contributed by atoms with Crippen molar-refractivity contribution < 1.29 is 32.2 Å². The average Bonchev–Trinajstić information content (AvgIpc) is 2.36. The van der Waals surface area contributed by atoms with E-state index in [0.717, 1.165) is 6.07 Å². The SMILES string of the molecule is C=C(C[C@@](O)(C(=O)OC)C(F)(F)F)c1ccccc1F. The molecule has 0 aliphatic carbocycles. The summed E-state index contributed by atoms with van der Waals surface area (Å²) in [6.45, 7) is 3.29. The van der Waals surface area contributed by atoms with Gasteiger partial charge in [0, 0.05) is 12.0 Å². The van der Waals surface area contributed by atoms with Crippen molar-refractivity contribution in [3.63, 3.8) is 0 Å². The van der Waals surface area contributed by atoms with Crippen LogP contribution in [0.5, 0.6) is 0 Å². The lowest BCUT2D eigenvalue weighted by atomic mass is 9.90. The van der Waals surface area contributed by atoms with Gasteiger partial charge in [-0.05, 0) is 11.6 Å². The van der Waals surface area contributed by atoms with Gasteiger partial charge in [-0.3, -0.25) is 0 Å². The van der Waals surface area contributed by atoms with Crippen LogP contribution < -0.4 is 0 Å². The van der Waals surface area contributed by atoms with Crippen molar-refractivity contribution in [1.29, 1.82) is 0 Å². The molecule has 1 aromatic rings. The van der Waals surface area contributed by atoms with E-state index in [1.165, 1.54) is 18.2 Å². The Kier molecular flexibility index (Phi) is 4.54. The molecule has 0 bridgehead atoms. The molecule has 0 spiro atoms. The normalized spacial score (nSPS) is 14.5. The molecule has 0 unspecified atom stereocenters. The zero-order valence-corrected chi connectivity index (χ0v) is 10.5. The molecule has 1 N–H and O–H groups in total. The first-order valence-electron chi connectivity index (χ1n) is 5.43. The Balaban J connectivity index is 3.13. The molecule has 3 nitrogen and oxygen atoms in total. The Hall–Kier alpha value is -1.89. The minimum Gasteiger partial charge on any atom is -0.467 e. The van der Waals surface area contributed by atoms with E-state index in [-0.39, 0.29) is 11.1 Å². The molecule has 1 atom stereocenters. The van der Waals surface area contributed by atoms with E-state index in [0.29, 0.717) is 7.11 Å². The Morgan fingerprint density at radius 1 is 1.35 bits per heavy atom. The fourth-order valence-corrected chi connectivity index (χ4v) is 1.61. The fraction of sp³-hybridized carbons (Fsp3) is 0.308. The van der Waals surface area contributed by atoms with E-state index < -0.39 is 30.0 Å². The number of hydrogen-bond donors (Lipinski definition) is 1. The third kappa shape index (κ3) is 2.98. The van der Waals surface area contributed by atoms with Crippen molar-refractivity contribution in [3.05, 3.63) is 42.2 Å². The molecule has 20 heavy (non-hydrogen) atoms. The zero-order chi connectivity index (χ0) is 15.6. The zero-order valence-electron chi connectivity index (χ0n) is 10.5. The van der Waals surface area contributed by atoms with Crippen LogP contribution in [0.4, 0.5) is 17.6 Å². The van der Waals surface area contributed by atoms with Gasteiger partial charge in [-0.25, -0.2) is 9.18 Å². The molecule has 0 fully saturated rings. The smallest absolute Gasteiger partial charge is 0.428 e. The van der Waals surface area contributed by atoms with Crippen molar-refractivity contribution in [1.82, 2.24) is 0 Å². The highest BCUT2D eigenvalue weighted by molar-refractivity contribution is 5.83. The van der Waals surface area contributed by atoms with Crippen molar-refractivity contribution in [3.8, 4) is 0 Å². The Labute approximate surface area is 112 Å². The van der Waals surface area contributed by atoms with Crippen LogP contribution in [0.3, 0.4) is 0 Å². The highest BCUT2D eigenvalue weighted by atomic mass is 19.4. The molecule has 0 aromatic heterocycles. The molecule has 0 saturated carbocycles. The number of esters is 1. The molecule has 1 rings (SSSR count). The molecular weight excluding hydrogens is 280 g/mol. The van der Waals surface area contributed by atoms with Crippen LogP contribution >= 0.6 is 0 Å². The maximum Gasteiger partial charge on any atom is 0.428 e. The van der Waals surface area contributed by atoms with E-state index in [9.17, 15) is 27.5 Å². The summed E-state index contributed by atoms with van der Waals surface area (Å²) in [5, 5.41) is 9.56. The summed E-state index contributed by atoms with van der Waals surface area (Å²) in [5.41, 5.74) is -4.34. The van der Waals surface area contributed by atoms with Crippen LogP contribution in [0.2, 0.25) is 0 Å². The first kappa shape index (κ1) is 16.2. The first-order valence-corrected chi connectivity index (χ1v) is 5.43. The lowest BCUT2D eigenvalue weighted by Crippen LogP contribution is -2.52. The summed E-state index contributed by atoms with van der Waals surface area (Å²) in [7, 11) is 0.713. The van der Waals surface area contributed by atoms with Crippen LogP contribution in [0.25, 0.3) is 5.57 Å². The van der Waals surface area contributed by atoms with Gasteiger partial charge >= 0.3 is 12.1 Å². The number of aliphatic hydroxyl groups is 1. The van der Waals surface area contributed by atoms with Gasteiger partial charge in [-0.15, -0.1) is 0 Å². The van der Waals surface area contributed by atoms with Gasteiger partial charge in [0.1, 0.15) is 5.82 Å². The Morgan fingerprint density at radius 3 is 2.35 bits per heavy atom. The number of benzene rings is 1. The largest absolute Gasteiger partial charge is 0.467 e. The number of hydrogen-bond acceptors (Lipinski definition) is 3. The highest BCUT2D eigenvalue weighted by Gasteiger charge is 2.60. The van der Waals surface area contributed by atoms with Crippen molar-refractivity contribution in [2.24, 2.45) is 0 Å². The van der Waals surface area contributed by atoms with Gasteiger partial charge in [0.05, 0.1) is 7.11 Å². The molecule has 1 aromatic carbocycles. The predicted molar refractivity (Wildman–Crippen MR) is 63.1 cm³/mol. The van der Waals surface area contributed by atoms with E-state index in [1.54, 1.807) is 0 Å². The fourth-order valence-electron chi connectivity index (χ4n) is 1.61. The second-order valence-corrected chi connectivity index (χ2v) is 4.11. The number of alkyl halides is 3. The summed E-state index contributed by atoms with van der Waals surface area (Å²) in [6.07, 6.45) is -6.49. The number of halogens is 4. The van der Waals surface area contributed by atoms with Gasteiger partial charge in [-0.1, -0.05) is 24.8 Å². The van der Waals surface area contributed by atoms with E-state index in [2.05, 4.69) is 11.3 Å². The minimum atomic E-state index is -5.27. The topological polar surface area (TPSA) is 46.5 Å². The highest BCUT2D eigenvalue weighted by Crippen LogP contribution is 2.38. The quantitative estimate of drug-likeness (QED) is 0.685. The Morgan fingerprint density at radius 2 is 1.90 bits per heavy atom. The molecule has 110 valence electrons. The number of methoxy groups -OCH3 is 1. The van der Waals surface area contributed by atoms with Crippen molar-refractivity contribution in [2.75, 3.05) is 7.11 Å². The summed E-state index contributed by atoms with van der Waals surface area (Å²) in [4.78, 5) is 11.2. The summed E-state index contributed by atoms with van der Waals surface area (Å²) < 4.78 is 55.9. The molecule has 0 radical (unpaired) electrons. The summed E-state index contributed by atoms with van der Waals surface area (Å²) in [5.74, 6) is -2.67. The average molecular weight is 292 g/mol. The molecular formula is C13H12F4O3. The molecule has 0 aliphatic rings. The van der Waals surface area contributed by atoms with Gasteiger partial charge in [0.25, 0.3) is 5.60 Å². The standard InChI is InChI=1S/C13H12F4O3/c1-8(9-5-3-4-6-10(9)14)7-12(19,11(18)20-2)13(15,16)17/h3-6,19H,1,7H2,2H3/t12-/m1/s1. The second kappa shape index (κ2) is 5.62. The van der Waals surface area contributed by atoms with Gasteiger partial charge in [-0.2, -0.15) is 13.2 Å². The summed E-state index contributed by atoms with van der Waals surface area (Å²) >= 11 is 0. The molecule has 0 saturated heterocycles. The van der Waals surface area contributed by atoms with Crippen LogP contribution in [0.15, 0.2) is 30.8 Å². The minimum absolute atomic E-state index is 0.209. The van der Waals surface area contributed by atoms with Crippen LogP contribution in [0.1, 0.15) is 12.0 Å². The molecule has 7 heteroatoms. The molecule has 0 aliphatic heterocycles. The van der Waals surface area contributed by atoms with Crippen molar-refractivity contribution in [2.45, 2.75) is 18.2 Å². The van der Waals surface area contributed by atoms with Crippen LogP contribution in [-0.4, -0.2) is 30.0 Å². The number of rotatable bonds is 4. The van der Waals surface area contributed by atoms with Crippen LogP contribution in [-0.2, 0) is 9.53 Å². The third-order valence-corrected chi connectivity index (χ3v) is 2.72. The van der Waals surface area contributed by atoms with Crippen molar-refractivity contribution >= 4 is 11.5 Å². The van der Waals surface area contributed by atoms with Gasteiger partial charge in [0.15, 0.2) is 0 Å². The second-order valence-electron chi connectivity index (χ2n) is 4.11. The maximum atomic E-state index is 13.5. The number of carbonyl (C=O) groups is 1. The Bertz CT molecular complexity index is 525. The predicted octanol–water partition coefficient (Wildman–Crippen LogP) is 2.70. The van der Waals surface area contributed by atoms with Gasteiger partial charge in [0.2, 0.25) is 0 Å². The van der Waals surface area contributed by atoms with Crippen LogP contribution in [0, 0.1) is 5.82 Å². The van der Waals surface area contributed by atoms with Gasteiger partial charge < -0.3 is 9.84 Å². The van der Waals surface area contributed by atoms with E-state index >= 15 is 0 Å².